The number of aromatic nitrogens is 2. The number of fused-ring (bicyclic) bond motifs is 1. The quantitative estimate of drug-likeness (QED) is 0.670. The molecule has 0 bridgehead atoms. The molecular weight excluding hydrogens is 346 g/mol. The summed E-state index contributed by atoms with van der Waals surface area (Å²) in [6.45, 7) is -0.179. The third-order valence-corrected chi connectivity index (χ3v) is 3.92. The summed E-state index contributed by atoms with van der Waals surface area (Å²) in [7, 11) is 0. The number of aromatic amines is 1. The van der Waals surface area contributed by atoms with Crippen molar-refractivity contribution in [2.24, 2.45) is 0 Å². The second-order valence-corrected chi connectivity index (χ2v) is 5.80. The molecule has 0 radical (unpaired) electrons. The molecule has 0 spiro atoms. The normalized spacial score (nSPS) is 12.3. The molecule has 0 fully saturated rings. The van der Waals surface area contributed by atoms with E-state index in [1.54, 1.807) is 0 Å². The predicted octanol–water partition coefficient (Wildman–Crippen LogP) is 2.79. The number of hydrogen-bond acceptors (Lipinski definition) is 3. The number of halogens is 1. The van der Waals surface area contributed by atoms with E-state index in [1.165, 1.54) is 0 Å². The minimum Gasteiger partial charge on any atom is -0.394 e. The van der Waals surface area contributed by atoms with Crippen LogP contribution in [0.1, 0.15) is 22.1 Å². The van der Waals surface area contributed by atoms with Crippen molar-refractivity contribution in [1.82, 2.24) is 15.5 Å². The first-order valence-corrected chi connectivity index (χ1v) is 7.58. The number of carbonyl (C=O) groups excluding carboxylic acids is 1. The smallest absolute Gasteiger partial charge is 0.272 e. The molecule has 1 amide bonds. The zero-order valence-electron chi connectivity index (χ0n) is 11.6. The number of H-pyrrole nitrogens is 1. The highest BCUT2D eigenvalue weighted by atomic mass is 79.9. The van der Waals surface area contributed by atoms with Crippen LogP contribution in [0.15, 0.2) is 53.0 Å². The SMILES string of the molecule is O=C(NC(CO)c1ccccc1)c1n[nH]c2ccc(Br)cc12. The minimum atomic E-state index is -0.465. The molecule has 3 N–H and O–H groups in total. The summed E-state index contributed by atoms with van der Waals surface area (Å²) in [6, 6.07) is 14.4. The number of amides is 1. The van der Waals surface area contributed by atoms with Crippen molar-refractivity contribution in [2.75, 3.05) is 6.61 Å². The van der Waals surface area contributed by atoms with Gasteiger partial charge in [-0.1, -0.05) is 46.3 Å². The number of aliphatic hydroxyl groups is 1. The fourth-order valence-corrected chi connectivity index (χ4v) is 2.67. The van der Waals surface area contributed by atoms with Crippen molar-refractivity contribution in [3.05, 3.63) is 64.3 Å². The van der Waals surface area contributed by atoms with Crippen LogP contribution >= 0.6 is 15.9 Å². The summed E-state index contributed by atoms with van der Waals surface area (Å²) >= 11 is 3.39. The molecule has 0 saturated carbocycles. The van der Waals surface area contributed by atoms with Gasteiger partial charge in [0.15, 0.2) is 5.69 Å². The molecule has 1 unspecified atom stereocenters. The van der Waals surface area contributed by atoms with Crippen LogP contribution in [-0.4, -0.2) is 27.8 Å². The zero-order valence-corrected chi connectivity index (χ0v) is 13.2. The van der Waals surface area contributed by atoms with Crippen LogP contribution in [0.25, 0.3) is 10.9 Å². The number of nitrogens with zero attached hydrogens (tertiary/aromatic N) is 1. The molecule has 5 nitrogen and oxygen atoms in total. The lowest BCUT2D eigenvalue weighted by Crippen LogP contribution is -2.31. The van der Waals surface area contributed by atoms with E-state index in [0.717, 1.165) is 20.9 Å². The molecule has 0 aliphatic carbocycles. The van der Waals surface area contributed by atoms with Crippen LogP contribution in [0.5, 0.6) is 0 Å². The summed E-state index contributed by atoms with van der Waals surface area (Å²) in [6.07, 6.45) is 0. The lowest BCUT2D eigenvalue weighted by Gasteiger charge is -2.16. The maximum atomic E-state index is 12.5. The second-order valence-electron chi connectivity index (χ2n) is 4.88. The van der Waals surface area contributed by atoms with Gasteiger partial charge in [-0.25, -0.2) is 0 Å². The lowest BCUT2D eigenvalue weighted by molar-refractivity contribution is 0.0912. The van der Waals surface area contributed by atoms with E-state index < -0.39 is 6.04 Å². The van der Waals surface area contributed by atoms with Crippen LogP contribution < -0.4 is 5.32 Å². The van der Waals surface area contributed by atoms with Crippen LogP contribution in [0, 0.1) is 0 Å². The fraction of sp³-hybridized carbons (Fsp3) is 0.125. The van der Waals surface area contributed by atoms with E-state index in [1.807, 2.05) is 48.5 Å². The van der Waals surface area contributed by atoms with Gasteiger partial charge in [-0.2, -0.15) is 5.10 Å². The van der Waals surface area contributed by atoms with Crippen molar-refractivity contribution in [3.8, 4) is 0 Å². The van der Waals surface area contributed by atoms with E-state index >= 15 is 0 Å². The number of benzene rings is 2. The van der Waals surface area contributed by atoms with Crippen molar-refractivity contribution in [3.63, 3.8) is 0 Å². The van der Waals surface area contributed by atoms with Crippen molar-refractivity contribution in [1.29, 1.82) is 0 Å². The van der Waals surface area contributed by atoms with Gasteiger partial charge < -0.3 is 10.4 Å². The second kappa shape index (κ2) is 6.29. The largest absolute Gasteiger partial charge is 0.394 e. The van der Waals surface area contributed by atoms with E-state index in [9.17, 15) is 9.90 Å². The average Bonchev–Trinajstić information content (AvgIpc) is 2.96. The molecule has 0 aliphatic rings. The molecule has 3 rings (SSSR count). The summed E-state index contributed by atoms with van der Waals surface area (Å²) < 4.78 is 0.872. The summed E-state index contributed by atoms with van der Waals surface area (Å²) in [5.41, 5.74) is 1.94. The molecule has 1 aromatic heterocycles. The van der Waals surface area contributed by atoms with Gasteiger partial charge in [-0.05, 0) is 23.8 Å². The fourth-order valence-electron chi connectivity index (χ4n) is 2.31. The molecule has 6 heteroatoms. The van der Waals surface area contributed by atoms with Crippen molar-refractivity contribution in [2.45, 2.75) is 6.04 Å². The Morgan fingerprint density at radius 3 is 2.77 bits per heavy atom. The first-order valence-electron chi connectivity index (χ1n) is 6.79. The Morgan fingerprint density at radius 1 is 1.27 bits per heavy atom. The van der Waals surface area contributed by atoms with Gasteiger partial charge in [-0.3, -0.25) is 9.89 Å². The van der Waals surface area contributed by atoms with Crippen LogP contribution in [0.2, 0.25) is 0 Å². The monoisotopic (exact) mass is 359 g/mol. The number of rotatable bonds is 4. The summed E-state index contributed by atoms with van der Waals surface area (Å²) in [5, 5.41) is 20.0. The molecule has 0 aliphatic heterocycles. The van der Waals surface area contributed by atoms with E-state index in [0.29, 0.717) is 5.69 Å². The Bertz CT molecular complexity index is 802. The van der Waals surface area contributed by atoms with Gasteiger partial charge in [0.25, 0.3) is 5.91 Å². The average molecular weight is 360 g/mol. The minimum absolute atomic E-state index is 0.179. The maximum absolute atomic E-state index is 12.5. The molecular formula is C16H14BrN3O2. The van der Waals surface area contributed by atoms with Gasteiger partial charge >= 0.3 is 0 Å². The number of carbonyl (C=O) groups is 1. The molecule has 1 atom stereocenters. The molecule has 1 heterocycles. The molecule has 112 valence electrons. The Kier molecular flexibility index (Phi) is 4.22. The van der Waals surface area contributed by atoms with Gasteiger partial charge in [-0.15, -0.1) is 0 Å². The highest BCUT2D eigenvalue weighted by molar-refractivity contribution is 9.10. The van der Waals surface area contributed by atoms with E-state index in [2.05, 4.69) is 31.4 Å². The zero-order chi connectivity index (χ0) is 15.5. The van der Waals surface area contributed by atoms with Crippen molar-refractivity contribution < 1.29 is 9.90 Å². The molecule has 22 heavy (non-hydrogen) atoms. The third kappa shape index (κ3) is 2.88. The van der Waals surface area contributed by atoms with Crippen LogP contribution in [-0.2, 0) is 0 Å². The first-order chi connectivity index (χ1) is 10.7. The summed E-state index contributed by atoms with van der Waals surface area (Å²) in [5.74, 6) is -0.327. The number of aliphatic hydroxyl groups excluding tert-OH is 1. The highest BCUT2D eigenvalue weighted by Gasteiger charge is 2.19. The summed E-state index contributed by atoms with van der Waals surface area (Å²) in [4.78, 5) is 12.5. The third-order valence-electron chi connectivity index (χ3n) is 3.43. The van der Waals surface area contributed by atoms with Gasteiger partial charge in [0.05, 0.1) is 18.2 Å². The molecule has 3 aromatic rings. The maximum Gasteiger partial charge on any atom is 0.272 e. The predicted molar refractivity (Wildman–Crippen MR) is 87.5 cm³/mol. The van der Waals surface area contributed by atoms with Crippen molar-refractivity contribution >= 4 is 32.7 Å². The van der Waals surface area contributed by atoms with Gasteiger partial charge in [0.1, 0.15) is 0 Å². The van der Waals surface area contributed by atoms with Gasteiger partial charge in [0, 0.05) is 9.86 Å². The molecule has 0 saturated heterocycles. The Morgan fingerprint density at radius 2 is 2.05 bits per heavy atom. The van der Waals surface area contributed by atoms with E-state index in [4.69, 9.17) is 0 Å². The Hall–Kier alpha value is -2.18. The van der Waals surface area contributed by atoms with Gasteiger partial charge in [0.2, 0.25) is 0 Å². The van der Waals surface area contributed by atoms with Crippen LogP contribution in [0.3, 0.4) is 0 Å². The Balaban J connectivity index is 1.88. The van der Waals surface area contributed by atoms with E-state index in [-0.39, 0.29) is 12.5 Å². The standard InChI is InChI=1S/C16H14BrN3O2/c17-11-6-7-13-12(8-11)15(20-19-13)16(22)18-14(9-21)10-4-2-1-3-5-10/h1-8,14,21H,9H2,(H,18,22)(H,19,20). The number of hydrogen-bond donors (Lipinski definition) is 3. The van der Waals surface area contributed by atoms with Crippen LogP contribution in [0.4, 0.5) is 0 Å². The highest BCUT2D eigenvalue weighted by Crippen LogP contribution is 2.21. The first kappa shape index (κ1) is 14.7. The Labute approximate surface area is 135 Å². The number of nitrogens with one attached hydrogen (secondary N) is 2. The molecule has 2 aromatic carbocycles. The topological polar surface area (TPSA) is 78.0 Å². The lowest BCUT2D eigenvalue weighted by atomic mass is 10.1.